The van der Waals surface area contributed by atoms with Crippen molar-refractivity contribution in [3.05, 3.63) is 35.9 Å². The SMILES string of the molecule is N/C(=N\c1nc2ccccc2o1)NC(=O)/C=C/Cl. The third-order valence-electron chi connectivity index (χ3n) is 1.96. The standard InChI is InChI=1S/C11H9ClN4O2/c12-6-5-9(17)15-10(13)16-11-14-7-3-1-2-4-8(7)18-11/h1-6H,(H3,13,14,15,16,17)/b6-5+. The largest absolute Gasteiger partial charge is 0.422 e. The van der Waals surface area contributed by atoms with E-state index in [4.69, 9.17) is 21.8 Å². The van der Waals surface area contributed by atoms with Gasteiger partial charge in [-0.1, -0.05) is 23.7 Å². The lowest BCUT2D eigenvalue weighted by atomic mass is 10.3. The number of aliphatic imine (C=N–C) groups is 1. The summed E-state index contributed by atoms with van der Waals surface area (Å²) in [6.07, 6.45) is 1.11. The van der Waals surface area contributed by atoms with Crippen LogP contribution >= 0.6 is 11.6 Å². The van der Waals surface area contributed by atoms with E-state index in [9.17, 15) is 4.79 Å². The Morgan fingerprint density at radius 1 is 1.50 bits per heavy atom. The van der Waals surface area contributed by atoms with E-state index in [1.54, 1.807) is 12.1 Å². The van der Waals surface area contributed by atoms with Gasteiger partial charge in [0, 0.05) is 11.6 Å². The van der Waals surface area contributed by atoms with Gasteiger partial charge in [0.15, 0.2) is 5.58 Å². The van der Waals surface area contributed by atoms with Crippen molar-refractivity contribution in [3.8, 4) is 0 Å². The van der Waals surface area contributed by atoms with Crippen LogP contribution in [0, 0.1) is 0 Å². The Balaban J connectivity index is 2.18. The number of guanidine groups is 1. The maximum absolute atomic E-state index is 11.1. The van der Waals surface area contributed by atoms with Gasteiger partial charge in [0.1, 0.15) is 5.52 Å². The summed E-state index contributed by atoms with van der Waals surface area (Å²) in [5.74, 6) is -0.608. The van der Waals surface area contributed by atoms with Gasteiger partial charge in [-0.2, -0.15) is 9.98 Å². The summed E-state index contributed by atoms with van der Waals surface area (Å²) in [5.41, 5.74) is 7.83. The molecule has 0 atom stereocenters. The summed E-state index contributed by atoms with van der Waals surface area (Å²) < 4.78 is 5.31. The van der Waals surface area contributed by atoms with Crippen molar-refractivity contribution in [2.45, 2.75) is 0 Å². The van der Waals surface area contributed by atoms with Crippen molar-refractivity contribution in [3.63, 3.8) is 0 Å². The van der Waals surface area contributed by atoms with E-state index in [0.717, 1.165) is 11.6 Å². The molecule has 0 unspecified atom stereocenters. The Hall–Kier alpha value is -2.34. The lowest BCUT2D eigenvalue weighted by molar-refractivity contribution is -0.115. The molecule has 1 heterocycles. The van der Waals surface area contributed by atoms with Crippen LogP contribution in [0.25, 0.3) is 11.1 Å². The molecule has 0 radical (unpaired) electrons. The Morgan fingerprint density at radius 2 is 2.28 bits per heavy atom. The third kappa shape index (κ3) is 2.86. The van der Waals surface area contributed by atoms with Crippen LogP contribution in [0.3, 0.4) is 0 Å². The molecule has 0 spiro atoms. The molecule has 0 fully saturated rings. The molecule has 0 saturated carbocycles. The first-order valence-corrected chi connectivity index (χ1v) is 5.40. The molecule has 2 aromatic rings. The van der Waals surface area contributed by atoms with Crippen molar-refractivity contribution in [1.82, 2.24) is 10.3 Å². The molecule has 0 aliphatic heterocycles. The van der Waals surface area contributed by atoms with Gasteiger partial charge in [-0.05, 0) is 12.1 Å². The minimum Gasteiger partial charge on any atom is -0.422 e. The molecular formula is C11H9ClN4O2. The van der Waals surface area contributed by atoms with Crippen LogP contribution in [-0.4, -0.2) is 16.9 Å². The average Bonchev–Trinajstić information content (AvgIpc) is 2.70. The van der Waals surface area contributed by atoms with Gasteiger partial charge in [-0.25, -0.2) is 0 Å². The number of carbonyl (C=O) groups excluding carboxylic acids is 1. The molecule has 92 valence electrons. The normalized spacial score (nSPS) is 12.2. The first-order valence-electron chi connectivity index (χ1n) is 4.96. The van der Waals surface area contributed by atoms with Crippen molar-refractivity contribution in [2.75, 3.05) is 0 Å². The highest BCUT2D eigenvalue weighted by Crippen LogP contribution is 2.19. The van der Waals surface area contributed by atoms with Gasteiger partial charge in [0.2, 0.25) is 5.96 Å². The molecule has 1 aromatic carbocycles. The van der Waals surface area contributed by atoms with E-state index in [-0.39, 0.29) is 12.0 Å². The lowest BCUT2D eigenvalue weighted by Crippen LogP contribution is -2.35. The number of para-hydroxylation sites is 2. The third-order valence-corrected chi connectivity index (χ3v) is 2.09. The second kappa shape index (κ2) is 5.33. The minimum atomic E-state index is -0.484. The van der Waals surface area contributed by atoms with Crippen molar-refractivity contribution < 1.29 is 9.21 Å². The van der Waals surface area contributed by atoms with Crippen LogP contribution < -0.4 is 11.1 Å². The summed E-state index contributed by atoms with van der Waals surface area (Å²) in [6.45, 7) is 0. The van der Waals surface area contributed by atoms with Gasteiger partial charge in [0.05, 0.1) is 0 Å². The zero-order chi connectivity index (χ0) is 13.0. The number of fused-ring (bicyclic) bond motifs is 1. The van der Waals surface area contributed by atoms with E-state index < -0.39 is 5.91 Å². The number of hydrogen-bond acceptors (Lipinski definition) is 4. The monoisotopic (exact) mass is 264 g/mol. The fourth-order valence-corrected chi connectivity index (χ4v) is 1.38. The van der Waals surface area contributed by atoms with E-state index in [1.807, 2.05) is 12.1 Å². The van der Waals surface area contributed by atoms with E-state index >= 15 is 0 Å². The Kier molecular flexibility index (Phi) is 3.59. The Bertz CT molecular complexity index is 600. The Morgan fingerprint density at radius 3 is 3.00 bits per heavy atom. The second-order valence-corrected chi connectivity index (χ2v) is 3.50. The van der Waals surface area contributed by atoms with Gasteiger partial charge in [0.25, 0.3) is 5.91 Å². The fraction of sp³-hybridized carbons (Fsp3) is 0. The number of nitrogens with two attached hydrogens (primary N) is 1. The maximum Gasteiger partial charge on any atom is 0.325 e. The van der Waals surface area contributed by atoms with Gasteiger partial charge < -0.3 is 10.2 Å². The molecule has 7 heteroatoms. The average molecular weight is 265 g/mol. The van der Waals surface area contributed by atoms with E-state index in [0.29, 0.717) is 11.1 Å². The molecule has 0 saturated heterocycles. The van der Waals surface area contributed by atoms with Crippen LogP contribution in [0.4, 0.5) is 6.01 Å². The van der Waals surface area contributed by atoms with Crippen LogP contribution in [0.5, 0.6) is 0 Å². The van der Waals surface area contributed by atoms with Crippen molar-refractivity contribution in [2.24, 2.45) is 10.7 Å². The summed E-state index contributed by atoms with van der Waals surface area (Å²) in [7, 11) is 0. The number of oxazole rings is 1. The number of hydrogen-bond donors (Lipinski definition) is 2. The van der Waals surface area contributed by atoms with Crippen molar-refractivity contribution in [1.29, 1.82) is 0 Å². The molecule has 0 aliphatic carbocycles. The number of nitrogens with one attached hydrogen (secondary N) is 1. The van der Waals surface area contributed by atoms with Crippen LogP contribution in [0.15, 0.2) is 45.3 Å². The highest BCUT2D eigenvalue weighted by atomic mass is 35.5. The lowest BCUT2D eigenvalue weighted by Gasteiger charge is -1.97. The number of aromatic nitrogens is 1. The smallest absolute Gasteiger partial charge is 0.325 e. The number of amides is 1. The van der Waals surface area contributed by atoms with Crippen LogP contribution in [0.1, 0.15) is 0 Å². The quantitative estimate of drug-likeness (QED) is 0.490. The Labute approximate surface area is 107 Å². The molecule has 1 amide bonds. The predicted octanol–water partition coefficient (Wildman–Crippen LogP) is 1.64. The first-order chi connectivity index (χ1) is 8.69. The molecule has 6 nitrogen and oxygen atoms in total. The number of carbonyl (C=O) groups is 1. The summed E-state index contributed by atoms with van der Waals surface area (Å²) in [6, 6.07) is 7.25. The zero-order valence-electron chi connectivity index (χ0n) is 9.13. The van der Waals surface area contributed by atoms with E-state index in [2.05, 4.69) is 15.3 Å². The maximum atomic E-state index is 11.1. The number of halogens is 1. The van der Waals surface area contributed by atoms with Gasteiger partial charge in [-0.15, -0.1) is 0 Å². The molecule has 0 bridgehead atoms. The van der Waals surface area contributed by atoms with Crippen LogP contribution in [-0.2, 0) is 4.79 Å². The predicted molar refractivity (Wildman–Crippen MR) is 68.4 cm³/mol. The van der Waals surface area contributed by atoms with Crippen molar-refractivity contribution >= 4 is 40.6 Å². The zero-order valence-corrected chi connectivity index (χ0v) is 9.89. The van der Waals surface area contributed by atoms with Gasteiger partial charge >= 0.3 is 6.01 Å². The summed E-state index contributed by atoms with van der Waals surface area (Å²) in [4.78, 5) is 19.0. The highest BCUT2D eigenvalue weighted by Gasteiger charge is 2.05. The van der Waals surface area contributed by atoms with E-state index in [1.165, 1.54) is 0 Å². The summed E-state index contributed by atoms with van der Waals surface area (Å²) in [5, 5.41) is 2.29. The fourth-order valence-electron chi connectivity index (χ4n) is 1.26. The van der Waals surface area contributed by atoms with Crippen LogP contribution in [0.2, 0.25) is 0 Å². The topological polar surface area (TPSA) is 93.5 Å². The highest BCUT2D eigenvalue weighted by molar-refractivity contribution is 6.27. The molecule has 3 N–H and O–H groups in total. The number of benzene rings is 1. The second-order valence-electron chi connectivity index (χ2n) is 3.24. The molecule has 18 heavy (non-hydrogen) atoms. The molecule has 1 aromatic heterocycles. The molecule has 2 rings (SSSR count). The number of rotatable bonds is 2. The summed E-state index contributed by atoms with van der Waals surface area (Å²) >= 11 is 5.24. The minimum absolute atomic E-state index is 0.0730. The molecule has 0 aliphatic rings. The van der Waals surface area contributed by atoms with Gasteiger partial charge in [-0.3, -0.25) is 10.1 Å². The first kappa shape index (κ1) is 12.1. The molecular weight excluding hydrogens is 256 g/mol. The number of nitrogens with zero attached hydrogens (tertiary/aromatic N) is 2.